The van der Waals surface area contributed by atoms with Crippen LogP contribution in [0.1, 0.15) is 129 Å². The molecule has 14 aromatic rings. The summed E-state index contributed by atoms with van der Waals surface area (Å²) in [6.45, 7) is 18.6. The Labute approximate surface area is 685 Å². The molecule has 0 radical (unpaired) electrons. The number of nitrogens with one attached hydrogen (secondary N) is 3. The Hall–Kier alpha value is -13.0. The second-order valence-corrected chi connectivity index (χ2v) is 32.2. The number of para-hydroxylation sites is 10. The van der Waals surface area contributed by atoms with Gasteiger partial charge in [-0.25, -0.2) is 49.5 Å². The second-order valence-electron chi connectivity index (χ2n) is 31.9. The van der Waals surface area contributed by atoms with E-state index in [4.69, 9.17) is 59.1 Å². The number of nitrogens with zero attached hydrogens (tertiary/aromatic N) is 17. The fourth-order valence-corrected chi connectivity index (χ4v) is 15.2. The normalized spacial score (nSPS) is 17.0. The lowest BCUT2D eigenvalue weighted by molar-refractivity contribution is 0.0172. The molecule has 31 heteroatoms. The molecule has 14 heterocycles. The van der Waals surface area contributed by atoms with E-state index in [1.165, 1.54) is 0 Å². The Morgan fingerprint density at radius 3 is 1.19 bits per heavy atom. The van der Waals surface area contributed by atoms with Gasteiger partial charge in [0.1, 0.15) is 90.6 Å². The van der Waals surface area contributed by atoms with Gasteiger partial charge in [0.25, 0.3) is 5.35 Å². The Morgan fingerprint density at radius 2 is 0.814 bits per heavy atom. The van der Waals surface area contributed by atoms with E-state index in [1.807, 2.05) is 187 Å². The molecule has 5 aromatic carbocycles. The van der Waals surface area contributed by atoms with Gasteiger partial charge in [-0.15, -0.1) is 0 Å². The Kier molecular flexibility index (Phi) is 24.3. The molecule has 2 amide bonds. The maximum absolute atomic E-state index is 12.2. The number of nitrogens with two attached hydrogens (primary N) is 1. The van der Waals surface area contributed by atoms with Crippen LogP contribution >= 0.6 is 11.6 Å². The lowest BCUT2D eigenvalue weighted by Crippen LogP contribution is -2.47. The standard InChI is InChI=1S/C19H20N6O.C19H16N6O.C18H21N3O3.C13H13N3O.C11H18N2O2.C7H4ClNO/c2*20-11-19(18-24-14-3-1-2-4-15(14)26-18)6-9-25(10-7-19)17-13-5-8-21-16(13)22-12-23-17;1-17(2,3)24-16(22)21-10-8-18(12-19,9-11-21)15-20-13-6-4-5-7-14(13)23-15;14-9-13(5-7-15-8-6-13)12-16-10-3-1-2-4-11(10)17-12;1-11(2,3)15-10(14)13-6-4-9(8-12)5-7-13;8-7-9-5-3-1-2-4-6(5)10-7/h1-5,8,12H,6-7,9-11,20H2,(H,21,22,23);1-5,8,12H,6-7,9-10H2,(H,21,22,23);4-7H,8-11H2,1-3H3;1-4,15H,5-8H2;9H,4-7H2,1-3H3;1-4H. The Bertz CT molecular complexity index is 5810. The minimum absolute atomic E-state index is 0.101. The first-order valence-electron chi connectivity index (χ1n) is 39.5. The Balaban J connectivity index is 0.000000119. The van der Waals surface area contributed by atoms with Crippen molar-refractivity contribution in [2.75, 3.05) is 81.8 Å². The van der Waals surface area contributed by atoms with Crippen LogP contribution in [0, 0.1) is 51.2 Å². The van der Waals surface area contributed by atoms with Crippen LogP contribution < -0.4 is 20.9 Å². The fourth-order valence-electron chi connectivity index (χ4n) is 15.0. The average molecular weight is 1610 g/mol. The molecule has 0 bridgehead atoms. The summed E-state index contributed by atoms with van der Waals surface area (Å²) in [5.74, 6) is 4.27. The molecule has 606 valence electrons. The van der Waals surface area contributed by atoms with Crippen LogP contribution in [-0.4, -0.2) is 160 Å². The van der Waals surface area contributed by atoms with Gasteiger partial charge in [-0.1, -0.05) is 60.7 Å². The Morgan fingerprint density at radius 1 is 0.466 bits per heavy atom. The first-order valence-corrected chi connectivity index (χ1v) is 39.9. The molecule has 5 N–H and O–H groups in total. The first kappa shape index (κ1) is 81.6. The van der Waals surface area contributed by atoms with E-state index in [0.717, 1.165) is 154 Å². The third-order valence-corrected chi connectivity index (χ3v) is 22.0. The maximum atomic E-state index is 12.2. The number of piperidine rings is 5. The number of anilines is 2. The molecule has 30 nitrogen and oxygen atoms in total. The lowest BCUT2D eigenvalue weighted by Gasteiger charge is -2.39. The van der Waals surface area contributed by atoms with Crippen LogP contribution in [-0.2, 0) is 31.1 Å². The van der Waals surface area contributed by atoms with Crippen LogP contribution in [0.25, 0.3) is 77.6 Å². The zero-order valence-electron chi connectivity index (χ0n) is 66.7. The van der Waals surface area contributed by atoms with Gasteiger partial charge >= 0.3 is 12.2 Å². The van der Waals surface area contributed by atoms with Crippen LogP contribution in [0.3, 0.4) is 0 Å². The predicted octanol–water partition coefficient (Wildman–Crippen LogP) is 16.0. The highest BCUT2D eigenvalue weighted by molar-refractivity contribution is 6.28. The van der Waals surface area contributed by atoms with Gasteiger partial charge in [-0.2, -0.15) is 26.0 Å². The quantitative estimate of drug-likeness (QED) is 0.115. The summed E-state index contributed by atoms with van der Waals surface area (Å²) in [7, 11) is 0. The van der Waals surface area contributed by atoms with Crippen LogP contribution in [0.5, 0.6) is 0 Å². The number of aromatic amines is 2. The van der Waals surface area contributed by atoms with E-state index >= 15 is 0 Å². The number of oxazole rings is 5. The third-order valence-electron chi connectivity index (χ3n) is 21.8. The number of amides is 2. The van der Waals surface area contributed by atoms with Gasteiger partial charge in [0.15, 0.2) is 27.9 Å². The molecule has 5 saturated heterocycles. The number of halogens is 1. The topological polar surface area (TPSA) is 412 Å². The number of likely N-dealkylation sites (tertiary alicyclic amines) is 2. The molecule has 19 rings (SSSR count). The number of carbonyl (C=O) groups is 2. The zero-order valence-corrected chi connectivity index (χ0v) is 67.4. The number of nitriles is 4. The molecule has 0 unspecified atom stereocenters. The van der Waals surface area contributed by atoms with Crippen molar-refractivity contribution in [3.8, 4) is 24.3 Å². The van der Waals surface area contributed by atoms with Crippen molar-refractivity contribution < 1.29 is 41.1 Å². The van der Waals surface area contributed by atoms with Crippen molar-refractivity contribution in [1.29, 1.82) is 21.0 Å². The van der Waals surface area contributed by atoms with E-state index in [-0.39, 0.29) is 28.9 Å². The summed E-state index contributed by atoms with van der Waals surface area (Å²) in [5, 5.41) is 43.3. The number of carbonyl (C=O) groups excluding carboxylic acids is 2. The highest BCUT2D eigenvalue weighted by atomic mass is 35.5. The van der Waals surface area contributed by atoms with Crippen molar-refractivity contribution in [2.45, 2.75) is 139 Å². The molecule has 0 atom stereocenters. The van der Waals surface area contributed by atoms with E-state index in [1.54, 1.807) is 22.5 Å². The van der Waals surface area contributed by atoms with Crippen molar-refractivity contribution in [2.24, 2.45) is 11.7 Å². The number of benzene rings is 5. The largest absolute Gasteiger partial charge is 0.444 e. The smallest absolute Gasteiger partial charge is 0.410 e. The molecule has 5 aliphatic heterocycles. The van der Waals surface area contributed by atoms with Gasteiger partial charge < -0.3 is 72.2 Å². The number of H-pyrrole nitrogens is 2. The highest BCUT2D eigenvalue weighted by Crippen LogP contribution is 2.42. The monoisotopic (exact) mass is 1610 g/mol. The minimum Gasteiger partial charge on any atom is -0.444 e. The fraction of sp³-hybridized carbons (Fsp3) is 0.391. The van der Waals surface area contributed by atoms with Gasteiger partial charge in [0, 0.05) is 77.2 Å². The number of aromatic nitrogens is 11. The van der Waals surface area contributed by atoms with Gasteiger partial charge in [0.05, 0.1) is 40.5 Å². The maximum Gasteiger partial charge on any atom is 0.410 e. The van der Waals surface area contributed by atoms with Crippen molar-refractivity contribution in [1.82, 2.24) is 69.9 Å². The first-order chi connectivity index (χ1) is 57.0. The van der Waals surface area contributed by atoms with Crippen molar-refractivity contribution in [3.05, 3.63) is 187 Å². The average Bonchev–Trinajstić information content (AvgIpc) is 1.57. The summed E-state index contributed by atoms with van der Waals surface area (Å²) in [6.07, 6.45) is 13.4. The SMILES string of the molecule is CC(C)(C)OC(=O)N1CCC(C#N)(c2nc3ccccc3o2)CC1.CC(C)(C)OC(=O)N1CCC(C#N)CC1.Clc1nc2ccccc2o1.N#CC1(c2nc3ccccc3o2)CCN(c2ncnc3[nH]ccc23)CC1.N#CC1(c2nc3ccccc3o2)CCNCC1.NCC1(c2nc3ccccc3o2)CCN(c2ncnc3[nH]ccc23)CC1. The number of ether oxygens (including phenoxy) is 2. The highest BCUT2D eigenvalue weighted by Gasteiger charge is 2.45. The number of hydrogen-bond donors (Lipinski definition) is 4. The van der Waals surface area contributed by atoms with E-state index in [9.17, 15) is 25.4 Å². The zero-order chi connectivity index (χ0) is 82.7. The minimum atomic E-state index is -0.794. The number of rotatable bonds is 7. The number of fused-ring (bicyclic) bond motifs is 7. The molecule has 0 saturated carbocycles. The third kappa shape index (κ3) is 18.3. The summed E-state index contributed by atoms with van der Waals surface area (Å²) < 4.78 is 39.2. The summed E-state index contributed by atoms with van der Waals surface area (Å²) in [6, 6.07) is 51.5. The molecule has 0 aliphatic carbocycles. The predicted molar refractivity (Wildman–Crippen MR) is 444 cm³/mol. The molecule has 118 heavy (non-hydrogen) atoms. The van der Waals surface area contributed by atoms with Crippen molar-refractivity contribution in [3.63, 3.8) is 0 Å². The molecule has 0 spiro atoms. The molecular formula is C87H92ClN21O9. The molecule has 5 fully saturated rings. The van der Waals surface area contributed by atoms with Crippen molar-refractivity contribution >= 4 is 113 Å². The summed E-state index contributed by atoms with van der Waals surface area (Å²) in [4.78, 5) is 77.5. The van der Waals surface area contributed by atoms with E-state index in [2.05, 4.69) is 89.2 Å². The van der Waals surface area contributed by atoms with E-state index in [0.29, 0.717) is 94.8 Å². The van der Waals surface area contributed by atoms with Gasteiger partial charge in [-0.05, 0) is 203 Å². The van der Waals surface area contributed by atoms with Crippen LogP contribution in [0.2, 0.25) is 5.35 Å². The molecule has 5 aliphatic rings. The number of hydrogen-bond acceptors (Lipinski definition) is 26. The molecule has 9 aromatic heterocycles. The summed E-state index contributed by atoms with van der Waals surface area (Å²) in [5.41, 5.74) is 12.4. The van der Waals surface area contributed by atoms with Crippen LogP contribution in [0.15, 0.2) is 181 Å². The summed E-state index contributed by atoms with van der Waals surface area (Å²) >= 11 is 5.51. The molecular weight excluding hydrogens is 1520 g/mol. The second kappa shape index (κ2) is 35.2. The van der Waals surface area contributed by atoms with Crippen LogP contribution in [0.4, 0.5) is 21.2 Å². The van der Waals surface area contributed by atoms with Gasteiger partial charge in [0.2, 0.25) is 23.6 Å². The van der Waals surface area contributed by atoms with Gasteiger partial charge in [-0.3, -0.25) is 0 Å². The lowest BCUT2D eigenvalue weighted by atomic mass is 9.78. The van der Waals surface area contributed by atoms with E-state index < -0.39 is 27.4 Å².